The SMILES string of the molecule is CC(=O)SCCC(O)C(O)c1ccc(/C=C/C(=O)O)cc1. The third kappa shape index (κ3) is 6.57. The number of carbonyl (C=O) groups is 2. The van der Waals surface area contributed by atoms with E-state index in [0.29, 0.717) is 23.3 Å². The van der Waals surface area contributed by atoms with Crippen LogP contribution in [-0.2, 0) is 9.59 Å². The molecule has 0 aliphatic rings. The first kappa shape index (κ1) is 17.4. The summed E-state index contributed by atoms with van der Waals surface area (Å²) in [5.74, 6) is -0.579. The summed E-state index contributed by atoms with van der Waals surface area (Å²) in [5.41, 5.74) is 1.23. The van der Waals surface area contributed by atoms with Gasteiger partial charge in [-0.15, -0.1) is 0 Å². The lowest BCUT2D eigenvalue weighted by Crippen LogP contribution is -2.19. The molecule has 0 radical (unpaired) electrons. The van der Waals surface area contributed by atoms with E-state index in [-0.39, 0.29) is 5.12 Å². The number of hydrogen-bond donors (Lipinski definition) is 3. The molecule has 0 aliphatic heterocycles. The molecule has 1 aromatic rings. The van der Waals surface area contributed by atoms with Crippen LogP contribution in [0.15, 0.2) is 30.3 Å². The Kier molecular flexibility index (Phi) is 7.14. The molecule has 0 fully saturated rings. The summed E-state index contributed by atoms with van der Waals surface area (Å²) in [5, 5.41) is 28.4. The summed E-state index contributed by atoms with van der Waals surface area (Å²) in [7, 11) is 0. The molecule has 0 saturated carbocycles. The normalized spacial score (nSPS) is 14.0. The van der Waals surface area contributed by atoms with Gasteiger partial charge in [0.15, 0.2) is 5.12 Å². The van der Waals surface area contributed by atoms with Crippen LogP contribution in [0.25, 0.3) is 6.08 Å². The van der Waals surface area contributed by atoms with E-state index in [1.54, 1.807) is 24.3 Å². The molecule has 5 nitrogen and oxygen atoms in total. The molecule has 6 heteroatoms. The first-order chi connectivity index (χ1) is 9.90. The van der Waals surface area contributed by atoms with Crippen molar-refractivity contribution in [3.05, 3.63) is 41.5 Å². The predicted molar refractivity (Wildman–Crippen MR) is 81.8 cm³/mol. The maximum Gasteiger partial charge on any atom is 0.328 e. The van der Waals surface area contributed by atoms with Gasteiger partial charge in [0.1, 0.15) is 6.10 Å². The molecule has 1 rings (SSSR count). The van der Waals surface area contributed by atoms with E-state index < -0.39 is 18.2 Å². The number of thioether (sulfide) groups is 1. The lowest BCUT2D eigenvalue weighted by molar-refractivity contribution is -0.131. The Morgan fingerprint density at radius 2 is 1.86 bits per heavy atom. The molecule has 0 amide bonds. The van der Waals surface area contributed by atoms with E-state index in [1.807, 2.05) is 0 Å². The number of benzene rings is 1. The minimum absolute atomic E-state index is 0.0220. The van der Waals surface area contributed by atoms with Crippen LogP contribution in [-0.4, -0.2) is 38.3 Å². The zero-order valence-corrected chi connectivity index (χ0v) is 12.4. The van der Waals surface area contributed by atoms with Crippen LogP contribution < -0.4 is 0 Å². The Morgan fingerprint density at radius 3 is 2.38 bits per heavy atom. The second kappa shape index (κ2) is 8.61. The molecule has 2 unspecified atom stereocenters. The molecule has 3 N–H and O–H groups in total. The predicted octanol–water partition coefficient (Wildman–Crippen LogP) is 1.85. The van der Waals surface area contributed by atoms with E-state index in [4.69, 9.17) is 5.11 Å². The highest BCUT2D eigenvalue weighted by Crippen LogP contribution is 2.21. The van der Waals surface area contributed by atoms with Crippen molar-refractivity contribution in [2.45, 2.75) is 25.6 Å². The van der Waals surface area contributed by atoms with Crippen LogP contribution in [0.4, 0.5) is 0 Å². The molecule has 21 heavy (non-hydrogen) atoms. The number of carboxylic acid groups (broad SMARTS) is 1. The van der Waals surface area contributed by atoms with Crippen LogP contribution >= 0.6 is 11.8 Å². The van der Waals surface area contributed by atoms with Crippen LogP contribution in [0.5, 0.6) is 0 Å². The lowest BCUT2D eigenvalue weighted by Gasteiger charge is -2.17. The van der Waals surface area contributed by atoms with E-state index in [1.165, 1.54) is 13.0 Å². The van der Waals surface area contributed by atoms with E-state index >= 15 is 0 Å². The minimum atomic E-state index is -1.03. The second-order valence-electron chi connectivity index (χ2n) is 4.48. The molecule has 0 heterocycles. The van der Waals surface area contributed by atoms with E-state index in [2.05, 4.69) is 0 Å². The van der Waals surface area contributed by atoms with Crippen LogP contribution in [0.1, 0.15) is 30.6 Å². The standard InChI is InChI=1S/C15H18O5S/c1-10(16)21-9-8-13(17)15(20)12-5-2-11(3-6-12)4-7-14(18)19/h2-7,13,15,17,20H,8-9H2,1H3,(H,18,19)/b7-4+. The zero-order chi connectivity index (χ0) is 15.8. The summed E-state index contributed by atoms with van der Waals surface area (Å²) in [6.45, 7) is 1.46. The van der Waals surface area contributed by atoms with Crippen LogP contribution in [0, 0.1) is 0 Å². The smallest absolute Gasteiger partial charge is 0.328 e. The Bertz CT molecular complexity index is 509. The summed E-state index contributed by atoms with van der Waals surface area (Å²) >= 11 is 1.11. The summed E-state index contributed by atoms with van der Waals surface area (Å²) in [6, 6.07) is 6.59. The van der Waals surface area contributed by atoms with Gasteiger partial charge in [-0.05, 0) is 23.6 Å². The molecule has 0 aliphatic carbocycles. The van der Waals surface area contributed by atoms with Gasteiger partial charge in [-0.3, -0.25) is 4.79 Å². The number of aliphatic carboxylic acids is 1. The summed E-state index contributed by atoms with van der Waals surface area (Å²) < 4.78 is 0. The van der Waals surface area contributed by atoms with Crippen molar-refractivity contribution in [2.24, 2.45) is 0 Å². The average molecular weight is 310 g/mol. The van der Waals surface area contributed by atoms with Gasteiger partial charge in [0, 0.05) is 18.8 Å². The highest BCUT2D eigenvalue weighted by atomic mass is 32.2. The largest absolute Gasteiger partial charge is 0.478 e. The molecule has 0 saturated heterocycles. The number of carboxylic acids is 1. The minimum Gasteiger partial charge on any atom is -0.478 e. The quantitative estimate of drug-likeness (QED) is 0.665. The fourth-order valence-corrected chi connectivity index (χ4v) is 2.32. The summed E-state index contributed by atoms with van der Waals surface area (Å²) in [6.07, 6.45) is 0.802. The highest BCUT2D eigenvalue weighted by molar-refractivity contribution is 8.13. The monoisotopic (exact) mass is 310 g/mol. The molecule has 1 aromatic carbocycles. The van der Waals surface area contributed by atoms with Crippen molar-refractivity contribution < 1.29 is 24.9 Å². The van der Waals surface area contributed by atoms with Crippen molar-refractivity contribution in [3.8, 4) is 0 Å². The number of aliphatic hydroxyl groups is 2. The van der Waals surface area contributed by atoms with Crippen molar-refractivity contribution >= 4 is 28.9 Å². The number of carbonyl (C=O) groups excluding carboxylic acids is 1. The third-order valence-corrected chi connectivity index (χ3v) is 3.63. The molecular weight excluding hydrogens is 292 g/mol. The van der Waals surface area contributed by atoms with Crippen LogP contribution in [0.2, 0.25) is 0 Å². The van der Waals surface area contributed by atoms with Gasteiger partial charge < -0.3 is 15.3 Å². The topological polar surface area (TPSA) is 94.8 Å². The maximum absolute atomic E-state index is 10.8. The lowest BCUT2D eigenvalue weighted by atomic mass is 10.0. The van der Waals surface area contributed by atoms with Gasteiger partial charge in [-0.25, -0.2) is 4.79 Å². The van der Waals surface area contributed by atoms with Crippen molar-refractivity contribution in [3.63, 3.8) is 0 Å². The van der Waals surface area contributed by atoms with Gasteiger partial charge >= 0.3 is 5.97 Å². The zero-order valence-electron chi connectivity index (χ0n) is 11.6. The number of aliphatic hydroxyl groups excluding tert-OH is 2. The van der Waals surface area contributed by atoms with Crippen molar-refractivity contribution in [1.29, 1.82) is 0 Å². The molecule has 0 spiro atoms. The highest BCUT2D eigenvalue weighted by Gasteiger charge is 2.18. The van der Waals surface area contributed by atoms with E-state index in [0.717, 1.165) is 17.8 Å². The Labute approximate surface area is 127 Å². The maximum atomic E-state index is 10.8. The fourth-order valence-electron chi connectivity index (χ4n) is 1.68. The molecule has 2 atom stereocenters. The molecule has 0 aromatic heterocycles. The Hall–Kier alpha value is -1.63. The Morgan fingerprint density at radius 1 is 1.24 bits per heavy atom. The van der Waals surface area contributed by atoms with Crippen molar-refractivity contribution in [1.82, 2.24) is 0 Å². The number of hydrogen-bond acceptors (Lipinski definition) is 5. The molecule has 114 valence electrons. The van der Waals surface area contributed by atoms with Gasteiger partial charge in [0.05, 0.1) is 6.10 Å². The molecular formula is C15H18O5S. The van der Waals surface area contributed by atoms with Gasteiger partial charge in [-0.1, -0.05) is 36.0 Å². The first-order valence-electron chi connectivity index (χ1n) is 6.40. The Balaban J connectivity index is 2.59. The van der Waals surface area contributed by atoms with Gasteiger partial charge in [0.2, 0.25) is 0 Å². The molecule has 0 bridgehead atoms. The third-order valence-electron chi connectivity index (χ3n) is 2.78. The van der Waals surface area contributed by atoms with Crippen LogP contribution in [0.3, 0.4) is 0 Å². The fraction of sp³-hybridized carbons (Fsp3) is 0.333. The van der Waals surface area contributed by atoms with Gasteiger partial charge in [-0.2, -0.15) is 0 Å². The average Bonchev–Trinajstić information content (AvgIpc) is 2.44. The second-order valence-corrected chi connectivity index (χ2v) is 5.75. The van der Waals surface area contributed by atoms with E-state index in [9.17, 15) is 19.8 Å². The van der Waals surface area contributed by atoms with Crippen molar-refractivity contribution in [2.75, 3.05) is 5.75 Å². The number of rotatable bonds is 7. The van der Waals surface area contributed by atoms with Gasteiger partial charge in [0.25, 0.3) is 0 Å². The summed E-state index contributed by atoms with van der Waals surface area (Å²) in [4.78, 5) is 21.2. The first-order valence-corrected chi connectivity index (χ1v) is 7.39.